The lowest BCUT2D eigenvalue weighted by Gasteiger charge is -2.18. The Bertz CT molecular complexity index is 459. The molecular weight excluding hydrogens is 242 g/mol. The molecule has 1 aromatic carbocycles. The molecule has 5 nitrogen and oxygen atoms in total. The van der Waals surface area contributed by atoms with Gasteiger partial charge in [-0.05, 0) is 17.9 Å². The lowest BCUT2D eigenvalue weighted by Crippen LogP contribution is -2.23. The van der Waals surface area contributed by atoms with Crippen LogP contribution in [0.1, 0.15) is 38.8 Å². The van der Waals surface area contributed by atoms with Crippen LogP contribution in [-0.2, 0) is 10.3 Å². The lowest BCUT2D eigenvalue weighted by molar-refractivity contribution is 0.151. The number of amides is 1. The summed E-state index contributed by atoms with van der Waals surface area (Å²) < 4.78 is 0. The van der Waals surface area contributed by atoms with E-state index in [1.807, 2.05) is 24.3 Å². The van der Waals surface area contributed by atoms with Crippen molar-refractivity contribution >= 4 is 11.9 Å². The van der Waals surface area contributed by atoms with E-state index in [-0.39, 0.29) is 11.3 Å². The normalized spacial score (nSPS) is 12.1. The second kappa shape index (κ2) is 6.22. The van der Waals surface area contributed by atoms with Gasteiger partial charge in [0, 0.05) is 12.1 Å². The van der Waals surface area contributed by atoms with Crippen LogP contribution in [0.25, 0.3) is 0 Å². The second-order valence-corrected chi connectivity index (χ2v) is 5.21. The number of carbonyl (C=O) groups excluding carboxylic acids is 1. The molecule has 3 N–H and O–H groups in total. The van der Waals surface area contributed by atoms with Gasteiger partial charge in [0.05, 0.1) is 0 Å². The number of nitrogens with one attached hydrogen (secondary N) is 1. The van der Waals surface area contributed by atoms with Crippen molar-refractivity contribution in [2.24, 2.45) is 10.9 Å². The number of carbonyl (C=O) groups is 1. The Morgan fingerprint density at radius 3 is 2.37 bits per heavy atom. The number of amidine groups is 1. The third-order valence-electron chi connectivity index (χ3n) is 2.59. The number of hydrogen-bond donors (Lipinski definition) is 2. The number of rotatable bonds is 3. The summed E-state index contributed by atoms with van der Waals surface area (Å²) in [5.41, 5.74) is 7.75. The molecule has 1 amide bonds. The van der Waals surface area contributed by atoms with Crippen molar-refractivity contribution in [1.82, 2.24) is 5.32 Å². The van der Waals surface area contributed by atoms with Gasteiger partial charge in [0.1, 0.15) is 0 Å². The summed E-state index contributed by atoms with van der Waals surface area (Å²) in [6, 6.07) is 7.70. The fraction of sp³-hybridized carbons (Fsp3) is 0.429. The molecule has 104 valence electrons. The van der Waals surface area contributed by atoms with E-state index in [1.165, 1.54) is 5.56 Å². The first-order valence-electron chi connectivity index (χ1n) is 6.24. The highest BCUT2D eigenvalue weighted by molar-refractivity contribution is 5.97. The number of benzene rings is 1. The fourth-order valence-electron chi connectivity index (χ4n) is 1.46. The minimum Gasteiger partial charge on any atom is -0.380 e. The zero-order valence-corrected chi connectivity index (χ0v) is 11.9. The van der Waals surface area contributed by atoms with Crippen molar-refractivity contribution < 1.29 is 9.63 Å². The van der Waals surface area contributed by atoms with Gasteiger partial charge in [-0.15, -0.1) is 0 Å². The Morgan fingerprint density at radius 2 is 1.89 bits per heavy atom. The highest BCUT2D eigenvalue weighted by Crippen LogP contribution is 2.22. The molecule has 0 aliphatic rings. The lowest BCUT2D eigenvalue weighted by atomic mass is 9.87. The zero-order chi connectivity index (χ0) is 14.5. The Labute approximate surface area is 113 Å². The largest absolute Gasteiger partial charge is 0.433 e. The number of oxime groups is 1. The van der Waals surface area contributed by atoms with Crippen LogP contribution in [0.15, 0.2) is 29.4 Å². The van der Waals surface area contributed by atoms with Gasteiger partial charge in [0.25, 0.3) is 0 Å². The quantitative estimate of drug-likeness (QED) is 0.380. The first-order chi connectivity index (χ1) is 8.84. The Kier molecular flexibility index (Phi) is 4.92. The highest BCUT2D eigenvalue weighted by atomic mass is 16.7. The van der Waals surface area contributed by atoms with E-state index in [0.717, 1.165) is 5.56 Å². The van der Waals surface area contributed by atoms with E-state index in [4.69, 9.17) is 5.73 Å². The molecule has 5 heteroatoms. The standard InChI is InChI=1S/C14H21N3O2/c1-5-16-13(18)19-17-12(15)10-6-8-11(9-7-10)14(2,3)4/h6-9H,5H2,1-4H3,(H2,15,17)(H,16,18). The molecule has 0 aliphatic heterocycles. The van der Waals surface area contributed by atoms with Gasteiger partial charge in [0.2, 0.25) is 0 Å². The van der Waals surface area contributed by atoms with Gasteiger partial charge in [-0.3, -0.25) is 4.84 Å². The molecule has 0 radical (unpaired) electrons. The highest BCUT2D eigenvalue weighted by Gasteiger charge is 2.13. The molecule has 0 saturated carbocycles. The molecule has 0 aliphatic carbocycles. The zero-order valence-electron chi connectivity index (χ0n) is 11.9. The van der Waals surface area contributed by atoms with Crippen molar-refractivity contribution in [3.8, 4) is 0 Å². The maximum absolute atomic E-state index is 11.1. The van der Waals surface area contributed by atoms with Crippen molar-refractivity contribution in [3.63, 3.8) is 0 Å². The van der Waals surface area contributed by atoms with Crippen LogP contribution in [-0.4, -0.2) is 18.5 Å². The molecule has 1 aromatic rings. The topological polar surface area (TPSA) is 76.7 Å². The smallest absolute Gasteiger partial charge is 0.380 e. The molecule has 0 unspecified atom stereocenters. The van der Waals surface area contributed by atoms with E-state index in [2.05, 4.69) is 36.1 Å². The first-order valence-corrected chi connectivity index (χ1v) is 6.24. The maximum atomic E-state index is 11.1. The van der Waals surface area contributed by atoms with Crippen LogP contribution >= 0.6 is 0 Å². The number of nitrogens with two attached hydrogens (primary N) is 1. The van der Waals surface area contributed by atoms with E-state index in [9.17, 15) is 4.79 Å². The molecule has 0 aromatic heterocycles. The third-order valence-corrected chi connectivity index (χ3v) is 2.59. The average Bonchev–Trinajstić information content (AvgIpc) is 2.35. The number of hydrogen-bond acceptors (Lipinski definition) is 3. The summed E-state index contributed by atoms with van der Waals surface area (Å²) in [5.74, 6) is 0.173. The van der Waals surface area contributed by atoms with Crippen LogP contribution in [0.5, 0.6) is 0 Å². The van der Waals surface area contributed by atoms with E-state index in [0.29, 0.717) is 6.54 Å². The summed E-state index contributed by atoms with van der Waals surface area (Å²) in [6.07, 6.45) is -0.614. The monoisotopic (exact) mass is 263 g/mol. The third kappa shape index (κ3) is 4.62. The molecule has 0 fully saturated rings. The average molecular weight is 263 g/mol. The molecule has 0 atom stereocenters. The van der Waals surface area contributed by atoms with Crippen LogP contribution in [0.2, 0.25) is 0 Å². The maximum Gasteiger partial charge on any atom is 0.433 e. The molecule has 1 rings (SSSR count). The van der Waals surface area contributed by atoms with E-state index >= 15 is 0 Å². The fourth-order valence-corrected chi connectivity index (χ4v) is 1.46. The van der Waals surface area contributed by atoms with Crippen LogP contribution in [0.4, 0.5) is 4.79 Å². The molecule has 0 heterocycles. The van der Waals surface area contributed by atoms with Gasteiger partial charge in [-0.1, -0.05) is 50.2 Å². The Balaban J connectivity index is 2.75. The van der Waals surface area contributed by atoms with Crippen molar-refractivity contribution in [2.75, 3.05) is 6.54 Å². The Hall–Kier alpha value is -2.04. The number of nitrogens with zero attached hydrogens (tertiary/aromatic N) is 1. The minimum atomic E-state index is -0.614. The summed E-state index contributed by atoms with van der Waals surface area (Å²) in [7, 11) is 0. The van der Waals surface area contributed by atoms with Crippen LogP contribution in [0.3, 0.4) is 0 Å². The molecule has 0 saturated heterocycles. The van der Waals surface area contributed by atoms with Crippen molar-refractivity contribution in [3.05, 3.63) is 35.4 Å². The summed E-state index contributed by atoms with van der Waals surface area (Å²) in [4.78, 5) is 15.7. The first kappa shape index (κ1) is 15.0. The molecule has 19 heavy (non-hydrogen) atoms. The van der Waals surface area contributed by atoms with E-state index < -0.39 is 6.09 Å². The van der Waals surface area contributed by atoms with Crippen LogP contribution in [0, 0.1) is 0 Å². The summed E-state index contributed by atoms with van der Waals surface area (Å²) >= 11 is 0. The molecule has 0 spiro atoms. The minimum absolute atomic E-state index is 0.0853. The van der Waals surface area contributed by atoms with Gasteiger partial charge >= 0.3 is 6.09 Å². The summed E-state index contributed by atoms with van der Waals surface area (Å²) in [6.45, 7) is 8.68. The van der Waals surface area contributed by atoms with E-state index in [1.54, 1.807) is 6.92 Å². The van der Waals surface area contributed by atoms with Gasteiger partial charge < -0.3 is 11.1 Å². The molecule has 0 bridgehead atoms. The predicted molar refractivity (Wildman–Crippen MR) is 76.0 cm³/mol. The van der Waals surface area contributed by atoms with Gasteiger partial charge in [-0.25, -0.2) is 4.79 Å². The second-order valence-electron chi connectivity index (χ2n) is 5.21. The van der Waals surface area contributed by atoms with Gasteiger partial charge in [0.15, 0.2) is 5.84 Å². The summed E-state index contributed by atoms with van der Waals surface area (Å²) in [5, 5.41) is 6.04. The van der Waals surface area contributed by atoms with Crippen molar-refractivity contribution in [2.45, 2.75) is 33.1 Å². The van der Waals surface area contributed by atoms with Crippen LogP contribution < -0.4 is 11.1 Å². The molecular formula is C14H21N3O2. The van der Waals surface area contributed by atoms with Gasteiger partial charge in [-0.2, -0.15) is 0 Å². The van der Waals surface area contributed by atoms with Crippen molar-refractivity contribution in [1.29, 1.82) is 0 Å². The Morgan fingerprint density at radius 1 is 1.32 bits per heavy atom. The SMILES string of the molecule is CCNC(=O)O/N=C(\N)c1ccc(C(C)(C)C)cc1. The predicted octanol–water partition coefficient (Wildman–Crippen LogP) is 2.35.